The third kappa shape index (κ3) is 2.31. The third-order valence-corrected chi connectivity index (χ3v) is 5.02. The molecule has 0 unspecified atom stereocenters. The first-order valence-corrected chi connectivity index (χ1v) is 8.80. The molecule has 2 heteroatoms. The van der Waals surface area contributed by atoms with Crippen LogP contribution in [0.3, 0.4) is 0 Å². The number of hydrogen-bond donors (Lipinski definition) is 0. The molecule has 0 saturated carbocycles. The van der Waals surface area contributed by atoms with E-state index >= 15 is 0 Å². The fourth-order valence-corrected chi connectivity index (χ4v) is 3.71. The van der Waals surface area contributed by atoms with Gasteiger partial charge in [-0.15, -0.1) is 0 Å². The minimum Gasteiger partial charge on any atom is -0.351 e. The highest BCUT2D eigenvalue weighted by Gasteiger charge is 2.14. The summed E-state index contributed by atoms with van der Waals surface area (Å²) in [6, 6.07) is 27.7. The van der Waals surface area contributed by atoms with Crippen LogP contribution in [-0.4, -0.2) is 9.55 Å². The first kappa shape index (κ1) is 14.9. The first-order valence-electron chi connectivity index (χ1n) is 8.80. The van der Waals surface area contributed by atoms with Gasteiger partial charge in [-0.2, -0.15) is 0 Å². The van der Waals surface area contributed by atoms with Crippen molar-refractivity contribution in [3.8, 4) is 22.4 Å². The third-order valence-electron chi connectivity index (χ3n) is 5.02. The molecule has 0 saturated heterocycles. The van der Waals surface area contributed by atoms with Crippen LogP contribution in [-0.2, 0) is 7.05 Å². The Bertz CT molecular complexity index is 1230. The van der Waals surface area contributed by atoms with Gasteiger partial charge in [0, 0.05) is 46.9 Å². The van der Waals surface area contributed by atoms with Crippen LogP contribution in [0.2, 0.25) is 0 Å². The SMILES string of the molecule is Cn1ccc2cc(-c3c(-c4ccccc4)ncc4ccccc34)ccc21. The van der Waals surface area contributed by atoms with Gasteiger partial charge < -0.3 is 4.57 Å². The van der Waals surface area contributed by atoms with Gasteiger partial charge in [0.05, 0.1) is 5.69 Å². The van der Waals surface area contributed by atoms with E-state index in [-0.39, 0.29) is 0 Å². The quantitative estimate of drug-likeness (QED) is 0.383. The lowest BCUT2D eigenvalue weighted by molar-refractivity contribution is 0.969. The molecule has 0 radical (unpaired) electrons. The molecule has 5 aromatic rings. The highest BCUT2D eigenvalue weighted by atomic mass is 14.9. The Labute approximate surface area is 152 Å². The summed E-state index contributed by atoms with van der Waals surface area (Å²) in [4.78, 5) is 4.83. The van der Waals surface area contributed by atoms with Crippen LogP contribution in [0.15, 0.2) is 91.3 Å². The number of hydrogen-bond acceptors (Lipinski definition) is 1. The summed E-state index contributed by atoms with van der Waals surface area (Å²) >= 11 is 0. The maximum absolute atomic E-state index is 4.83. The topological polar surface area (TPSA) is 17.8 Å². The van der Waals surface area contributed by atoms with Gasteiger partial charge in [-0.05, 0) is 29.1 Å². The Hall–Kier alpha value is -3.39. The maximum atomic E-state index is 4.83. The average molecular weight is 334 g/mol. The van der Waals surface area contributed by atoms with Crippen LogP contribution in [0.5, 0.6) is 0 Å². The standard InChI is InChI=1S/C24H18N2/c1-26-14-13-18-15-19(11-12-22(18)26)23-21-10-6-5-9-20(21)16-25-24(23)17-7-3-2-4-8-17/h2-16H,1H3. The molecule has 26 heavy (non-hydrogen) atoms. The van der Waals surface area contributed by atoms with E-state index in [1.54, 1.807) is 0 Å². The van der Waals surface area contributed by atoms with E-state index in [9.17, 15) is 0 Å². The van der Waals surface area contributed by atoms with Gasteiger partial charge in [0.1, 0.15) is 0 Å². The fourth-order valence-electron chi connectivity index (χ4n) is 3.71. The van der Waals surface area contributed by atoms with E-state index < -0.39 is 0 Å². The van der Waals surface area contributed by atoms with E-state index in [0.717, 1.165) is 16.6 Å². The molecule has 0 amide bonds. The summed E-state index contributed by atoms with van der Waals surface area (Å²) < 4.78 is 2.15. The second-order valence-electron chi connectivity index (χ2n) is 6.64. The monoisotopic (exact) mass is 334 g/mol. The zero-order chi connectivity index (χ0) is 17.5. The number of fused-ring (bicyclic) bond motifs is 2. The van der Waals surface area contributed by atoms with Gasteiger partial charge in [-0.1, -0.05) is 60.7 Å². The highest BCUT2D eigenvalue weighted by Crippen LogP contribution is 2.37. The molecule has 0 bridgehead atoms. The maximum Gasteiger partial charge on any atom is 0.0786 e. The molecule has 0 spiro atoms. The van der Waals surface area contributed by atoms with Crippen LogP contribution in [0.25, 0.3) is 44.1 Å². The molecule has 0 aliphatic carbocycles. The average Bonchev–Trinajstić information content (AvgIpc) is 3.08. The number of pyridine rings is 1. The van der Waals surface area contributed by atoms with Gasteiger partial charge >= 0.3 is 0 Å². The van der Waals surface area contributed by atoms with Crippen molar-refractivity contribution in [1.82, 2.24) is 9.55 Å². The highest BCUT2D eigenvalue weighted by molar-refractivity contribution is 6.03. The Balaban J connectivity index is 1.86. The predicted molar refractivity (Wildman–Crippen MR) is 109 cm³/mol. The van der Waals surface area contributed by atoms with Gasteiger partial charge in [0.15, 0.2) is 0 Å². The lowest BCUT2D eigenvalue weighted by atomic mass is 9.93. The molecule has 2 aromatic heterocycles. The Morgan fingerprint density at radius 1 is 0.731 bits per heavy atom. The molecule has 0 aliphatic heterocycles. The molecule has 5 rings (SSSR count). The van der Waals surface area contributed by atoms with Crippen molar-refractivity contribution in [3.05, 3.63) is 91.3 Å². The molecule has 0 fully saturated rings. The Kier molecular flexibility index (Phi) is 3.36. The van der Waals surface area contributed by atoms with Gasteiger partial charge in [0.2, 0.25) is 0 Å². The van der Waals surface area contributed by atoms with E-state index in [1.807, 2.05) is 12.3 Å². The summed E-state index contributed by atoms with van der Waals surface area (Å²) in [6.45, 7) is 0. The van der Waals surface area contributed by atoms with E-state index in [0.29, 0.717) is 0 Å². The molecule has 0 atom stereocenters. The zero-order valence-corrected chi connectivity index (χ0v) is 14.6. The van der Waals surface area contributed by atoms with Crippen molar-refractivity contribution >= 4 is 21.7 Å². The predicted octanol–water partition coefficient (Wildman–Crippen LogP) is 6.06. The number of nitrogens with zero attached hydrogens (tertiary/aromatic N) is 2. The summed E-state index contributed by atoms with van der Waals surface area (Å²) in [5.74, 6) is 0. The Morgan fingerprint density at radius 2 is 1.54 bits per heavy atom. The van der Waals surface area contributed by atoms with Crippen molar-refractivity contribution < 1.29 is 0 Å². The number of aromatic nitrogens is 2. The molecule has 0 N–H and O–H groups in total. The molecular weight excluding hydrogens is 316 g/mol. The first-order chi connectivity index (χ1) is 12.8. The van der Waals surface area contributed by atoms with E-state index in [2.05, 4.69) is 90.6 Å². The minimum atomic E-state index is 1.03. The second kappa shape index (κ2) is 5.85. The summed E-state index contributed by atoms with van der Waals surface area (Å²) in [5.41, 5.74) is 5.80. The van der Waals surface area contributed by atoms with E-state index in [4.69, 9.17) is 4.98 Å². The van der Waals surface area contributed by atoms with Gasteiger partial charge in [-0.3, -0.25) is 4.98 Å². The van der Waals surface area contributed by atoms with Crippen LogP contribution < -0.4 is 0 Å². The van der Waals surface area contributed by atoms with Gasteiger partial charge in [0.25, 0.3) is 0 Å². The van der Waals surface area contributed by atoms with Crippen molar-refractivity contribution in [2.24, 2.45) is 7.05 Å². The minimum absolute atomic E-state index is 1.03. The molecule has 124 valence electrons. The van der Waals surface area contributed by atoms with Crippen molar-refractivity contribution in [1.29, 1.82) is 0 Å². The van der Waals surface area contributed by atoms with Crippen molar-refractivity contribution in [3.63, 3.8) is 0 Å². The van der Waals surface area contributed by atoms with Crippen LogP contribution in [0.4, 0.5) is 0 Å². The van der Waals surface area contributed by atoms with Crippen molar-refractivity contribution in [2.45, 2.75) is 0 Å². The summed E-state index contributed by atoms with van der Waals surface area (Å²) in [5, 5.41) is 3.64. The molecule has 0 aliphatic rings. The lowest BCUT2D eigenvalue weighted by Crippen LogP contribution is -1.92. The van der Waals surface area contributed by atoms with Gasteiger partial charge in [-0.25, -0.2) is 0 Å². The number of aryl methyl sites for hydroxylation is 1. The zero-order valence-electron chi connectivity index (χ0n) is 14.6. The van der Waals surface area contributed by atoms with Crippen molar-refractivity contribution in [2.75, 3.05) is 0 Å². The Morgan fingerprint density at radius 3 is 2.42 bits per heavy atom. The van der Waals surface area contributed by atoms with E-state index in [1.165, 1.54) is 27.4 Å². The molecular formula is C24H18N2. The number of rotatable bonds is 2. The van der Waals surface area contributed by atoms with Crippen LogP contribution in [0, 0.1) is 0 Å². The largest absolute Gasteiger partial charge is 0.351 e. The fraction of sp³-hybridized carbons (Fsp3) is 0.0417. The smallest absolute Gasteiger partial charge is 0.0786 e. The second-order valence-corrected chi connectivity index (χ2v) is 6.64. The summed E-state index contributed by atoms with van der Waals surface area (Å²) in [7, 11) is 2.08. The molecule has 2 heterocycles. The normalized spacial score (nSPS) is 11.3. The lowest BCUT2D eigenvalue weighted by Gasteiger charge is -2.13. The molecule has 2 nitrogen and oxygen atoms in total. The van der Waals surface area contributed by atoms with Crippen LogP contribution in [0.1, 0.15) is 0 Å². The summed E-state index contributed by atoms with van der Waals surface area (Å²) in [6.07, 6.45) is 4.08. The van der Waals surface area contributed by atoms with Crippen LogP contribution >= 0.6 is 0 Å². The number of benzene rings is 3. The molecule has 3 aromatic carbocycles.